The predicted octanol–water partition coefficient (Wildman–Crippen LogP) is 3.34. The molecule has 0 bridgehead atoms. The van der Waals surface area contributed by atoms with Gasteiger partial charge >= 0.3 is 0 Å². The first-order valence-corrected chi connectivity index (χ1v) is 10.8. The Balaban J connectivity index is 2.20. The van der Waals surface area contributed by atoms with Crippen molar-refractivity contribution < 1.29 is 19.1 Å². The Morgan fingerprint density at radius 1 is 1.00 bits per heavy atom. The predicted molar refractivity (Wildman–Crippen MR) is 121 cm³/mol. The molecule has 2 amide bonds. The number of ether oxygens (including phenoxy) is 2. The minimum Gasteiger partial charge on any atom is -0.496 e. The van der Waals surface area contributed by atoms with Gasteiger partial charge in [-0.25, -0.2) is 0 Å². The highest BCUT2D eigenvalue weighted by Crippen LogP contribution is 2.20. The molecule has 1 heterocycles. The third kappa shape index (κ3) is 7.14. The van der Waals surface area contributed by atoms with E-state index in [-0.39, 0.29) is 18.4 Å². The van der Waals surface area contributed by atoms with Gasteiger partial charge in [0.2, 0.25) is 5.91 Å². The van der Waals surface area contributed by atoms with Crippen molar-refractivity contribution >= 4 is 11.8 Å². The van der Waals surface area contributed by atoms with E-state index in [1.165, 1.54) is 0 Å². The molecule has 2 rings (SSSR count). The maximum atomic E-state index is 13.3. The molecule has 0 atom stereocenters. The van der Waals surface area contributed by atoms with Crippen LogP contribution in [0.25, 0.3) is 0 Å². The normalized spacial score (nSPS) is 10.7. The van der Waals surface area contributed by atoms with Gasteiger partial charge in [-0.2, -0.15) is 0 Å². The van der Waals surface area contributed by atoms with E-state index in [0.717, 1.165) is 18.5 Å². The molecular weight excluding hydrogens is 394 g/mol. The second-order valence-electron chi connectivity index (χ2n) is 7.55. The van der Waals surface area contributed by atoms with Crippen LogP contribution in [-0.4, -0.2) is 66.6 Å². The third-order valence-electron chi connectivity index (χ3n) is 5.27. The molecule has 0 unspecified atom stereocenters. The van der Waals surface area contributed by atoms with E-state index in [9.17, 15) is 9.59 Å². The van der Waals surface area contributed by atoms with Gasteiger partial charge in [-0.3, -0.25) is 9.59 Å². The van der Waals surface area contributed by atoms with Crippen molar-refractivity contribution in [3.05, 3.63) is 53.9 Å². The van der Waals surface area contributed by atoms with Gasteiger partial charge in [0.15, 0.2) is 0 Å². The fraction of sp³-hybridized carbons (Fsp3) is 0.500. The number of carbonyl (C=O) groups excluding carboxylic acids is 2. The van der Waals surface area contributed by atoms with Crippen LogP contribution in [0.15, 0.2) is 42.6 Å². The number of rotatable bonds is 13. The van der Waals surface area contributed by atoms with E-state index in [1.54, 1.807) is 37.3 Å². The summed E-state index contributed by atoms with van der Waals surface area (Å²) in [6.07, 6.45) is 4.53. The Bertz CT molecular complexity index is 834. The third-order valence-corrected chi connectivity index (χ3v) is 5.27. The summed E-state index contributed by atoms with van der Waals surface area (Å²) < 4.78 is 12.5. The quantitative estimate of drug-likeness (QED) is 0.458. The standard InChI is InChI=1S/C24H35N3O4/c1-5-6-15-26(18-20-11-9-14-25(20)2)23(28)19-27(16-10-17-30-3)24(29)21-12-7-8-13-22(21)31-4/h7-9,11-14H,5-6,10,15-19H2,1-4H3. The SMILES string of the molecule is CCCCN(Cc1cccn1C)C(=O)CN(CCCOC)C(=O)c1ccccc1OC. The number of aromatic nitrogens is 1. The Morgan fingerprint density at radius 2 is 1.74 bits per heavy atom. The van der Waals surface area contributed by atoms with E-state index in [0.29, 0.717) is 44.0 Å². The molecule has 0 saturated carbocycles. The molecule has 7 heteroatoms. The smallest absolute Gasteiger partial charge is 0.258 e. The first-order chi connectivity index (χ1) is 15.0. The van der Waals surface area contributed by atoms with Crippen LogP contribution in [-0.2, 0) is 23.1 Å². The van der Waals surface area contributed by atoms with Gasteiger partial charge in [0.25, 0.3) is 5.91 Å². The largest absolute Gasteiger partial charge is 0.496 e. The average molecular weight is 430 g/mol. The van der Waals surface area contributed by atoms with Crippen molar-refractivity contribution in [2.75, 3.05) is 40.5 Å². The topological polar surface area (TPSA) is 64.0 Å². The molecule has 0 aliphatic carbocycles. The monoisotopic (exact) mass is 429 g/mol. The number of methoxy groups -OCH3 is 2. The second-order valence-corrected chi connectivity index (χ2v) is 7.55. The molecule has 0 spiro atoms. The van der Waals surface area contributed by atoms with Crippen LogP contribution in [0.1, 0.15) is 42.2 Å². The van der Waals surface area contributed by atoms with Crippen molar-refractivity contribution in [2.45, 2.75) is 32.7 Å². The van der Waals surface area contributed by atoms with Crippen molar-refractivity contribution in [1.82, 2.24) is 14.4 Å². The number of nitrogens with zero attached hydrogens (tertiary/aromatic N) is 3. The summed E-state index contributed by atoms with van der Waals surface area (Å²) in [5.41, 5.74) is 1.52. The molecule has 2 aromatic rings. The Kier molecular flexibility index (Phi) is 10.1. The van der Waals surface area contributed by atoms with Crippen LogP contribution < -0.4 is 4.74 Å². The number of hydrogen-bond donors (Lipinski definition) is 0. The lowest BCUT2D eigenvalue weighted by Gasteiger charge is -2.28. The zero-order valence-corrected chi connectivity index (χ0v) is 19.2. The number of hydrogen-bond acceptors (Lipinski definition) is 4. The van der Waals surface area contributed by atoms with Crippen LogP contribution in [0, 0.1) is 0 Å². The van der Waals surface area contributed by atoms with Crippen LogP contribution in [0.4, 0.5) is 0 Å². The summed E-state index contributed by atoms with van der Waals surface area (Å²) in [4.78, 5) is 30.0. The summed E-state index contributed by atoms with van der Waals surface area (Å²) in [6.45, 7) is 4.27. The maximum Gasteiger partial charge on any atom is 0.258 e. The Hall–Kier alpha value is -2.80. The Morgan fingerprint density at radius 3 is 2.39 bits per heavy atom. The van der Waals surface area contributed by atoms with Crippen molar-refractivity contribution in [1.29, 1.82) is 0 Å². The number of carbonyl (C=O) groups is 2. The molecular formula is C24H35N3O4. The lowest BCUT2D eigenvalue weighted by atomic mass is 10.1. The van der Waals surface area contributed by atoms with E-state index < -0.39 is 0 Å². The highest BCUT2D eigenvalue weighted by molar-refractivity contribution is 5.98. The summed E-state index contributed by atoms with van der Waals surface area (Å²) in [5.74, 6) is 0.231. The molecule has 0 saturated heterocycles. The van der Waals surface area contributed by atoms with Crippen molar-refractivity contribution in [2.24, 2.45) is 7.05 Å². The van der Waals surface area contributed by atoms with Gasteiger partial charge in [0, 0.05) is 45.7 Å². The summed E-state index contributed by atoms with van der Waals surface area (Å²) in [5, 5.41) is 0. The molecule has 0 fully saturated rings. The van der Waals surface area contributed by atoms with E-state index in [4.69, 9.17) is 9.47 Å². The van der Waals surface area contributed by atoms with Crippen LogP contribution in [0.2, 0.25) is 0 Å². The summed E-state index contributed by atoms with van der Waals surface area (Å²) in [6, 6.07) is 11.1. The van der Waals surface area contributed by atoms with Gasteiger partial charge in [-0.15, -0.1) is 0 Å². The molecule has 1 aromatic carbocycles. The van der Waals surface area contributed by atoms with E-state index in [1.807, 2.05) is 40.9 Å². The molecule has 0 N–H and O–H groups in total. The van der Waals surface area contributed by atoms with Crippen LogP contribution in [0.5, 0.6) is 5.75 Å². The van der Waals surface area contributed by atoms with Crippen molar-refractivity contribution in [3.63, 3.8) is 0 Å². The minimum atomic E-state index is -0.212. The molecule has 0 radical (unpaired) electrons. The second kappa shape index (κ2) is 12.8. The molecule has 0 aliphatic rings. The maximum absolute atomic E-state index is 13.3. The molecule has 7 nitrogen and oxygen atoms in total. The van der Waals surface area contributed by atoms with Crippen LogP contribution in [0.3, 0.4) is 0 Å². The Labute approximate surface area is 185 Å². The molecule has 0 aliphatic heterocycles. The molecule has 170 valence electrons. The van der Waals surface area contributed by atoms with Gasteiger partial charge < -0.3 is 23.8 Å². The zero-order chi connectivity index (χ0) is 22.6. The van der Waals surface area contributed by atoms with E-state index in [2.05, 4.69) is 6.92 Å². The van der Waals surface area contributed by atoms with Crippen molar-refractivity contribution in [3.8, 4) is 5.75 Å². The van der Waals surface area contributed by atoms with Gasteiger partial charge in [0.05, 0.1) is 19.2 Å². The number of para-hydroxylation sites is 1. The highest BCUT2D eigenvalue weighted by atomic mass is 16.5. The molecule has 31 heavy (non-hydrogen) atoms. The number of amides is 2. The number of unbranched alkanes of at least 4 members (excludes halogenated alkanes) is 1. The fourth-order valence-electron chi connectivity index (χ4n) is 3.40. The minimum absolute atomic E-state index is 0.0226. The highest BCUT2D eigenvalue weighted by Gasteiger charge is 2.24. The first-order valence-electron chi connectivity index (χ1n) is 10.8. The molecule has 1 aromatic heterocycles. The van der Waals surface area contributed by atoms with Crippen LogP contribution >= 0.6 is 0 Å². The lowest BCUT2D eigenvalue weighted by molar-refractivity contribution is -0.132. The fourth-order valence-corrected chi connectivity index (χ4v) is 3.40. The summed E-state index contributed by atoms with van der Waals surface area (Å²) >= 11 is 0. The first kappa shape index (κ1) is 24.5. The summed E-state index contributed by atoms with van der Waals surface area (Å²) in [7, 11) is 5.14. The van der Waals surface area contributed by atoms with Gasteiger partial charge in [-0.1, -0.05) is 25.5 Å². The van der Waals surface area contributed by atoms with Gasteiger partial charge in [-0.05, 0) is 37.1 Å². The lowest BCUT2D eigenvalue weighted by Crippen LogP contribution is -2.44. The zero-order valence-electron chi connectivity index (χ0n) is 19.2. The van der Waals surface area contributed by atoms with Gasteiger partial charge in [0.1, 0.15) is 12.3 Å². The number of benzene rings is 1. The average Bonchev–Trinajstić information content (AvgIpc) is 3.19. The number of aryl methyl sites for hydroxylation is 1. The van der Waals surface area contributed by atoms with E-state index >= 15 is 0 Å².